The monoisotopic (exact) mass is 494 g/mol. The fourth-order valence-corrected chi connectivity index (χ4v) is 6.05. The number of nitrogens with zero attached hydrogens (tertiary/aromatic N) is 2. The highest BCUT2D eigenvalue weighted by Gasteiger charge is 2.36. The van der Waals surface area contributed by atoms with Crippen LogP contribution in [0.2, 0.25) is 0 Å². The Kier molecular flexibility index (Phi) is 5.15. The summed E-state index contributed by atoms with van der Waals surface area (Å²) in [5.74, 6) is 2.09. The lowest BCUT2D eigenvalue weighted by Crippen LogP contribution is -2.39. The summed E-state index contributed by atoms with van der Waals surface area (Å²) >= 11 is 0. The topological polar surface area (TPSA) is 104 Å². The van der Waals surface area contributed by atoms with Crippen LogP contribution in [-0.2, 0) is 29.5 Å². The van der Waals surface area contributed by atoms with Crippen LogP contribution in [0, 0.1) is 4.91 Å². The summed E-state index contributed by atoms with van der Waals surface area (Å²) in [6, 6.07) is 13.3. The molecule has 35 heavy (non-hydrogen) atoms. The van der Waals surface area contributed by atoms with Gasteiger partial charge in [-0.1, -0.05) is 6.07 Å². The second kappa shape index (κ2) is 8.24. The third-order valence-electron chi connectivity index (χ3n) is 6.84. The van der Waals surface area contributed by atoms with Gasteiger partial charge in [0, 0.05) is 24.7 Å². The summed E-state index contributed by atoms with van der Waals surface area (Å²) in [5.41, 5.74) is 4.39. The van der Waals surface area contributed by atoms with E-state index >= 15 is 0 Å². The molecule has 0 bridgehead atoms. The first-order chi connectivity index (χ1) is 17.0. The van der Waals surface area contributed by atoms with Gasteiger partial charge >= 0.3 is 10.1 Å². The first kappa shape index (κ1) is 21.9. The minimum absolute atomic E-state index is 0.0683. The van der Waals surface area contributed by atoms with Gasteiger partial charge in [0.2, 0.25) is 6.79 Å². The molecule has 0 N–H and O–H groups in total. The number of hydrogen-bond donors (Lipinski definition) is 0. The van der Waals surface area contributed by atoms with E-state index in [2.05, 4.69) is 22.2 Å². The molecule has 180 valence electrons. The summed E-state index contributed by atoms with van der Waals surface area (Å²) in [7, 11) is -2.68. The summed E-state index contributed by atoms with van der Waals surface area (Å²) < 4.78 is 48.5. The maximum absolute atomic E-state index is 13.1. The Morgan fingerprint density at radius 3 is 2.54 bits per heavy atom. The van der Waals surface area contributed by atoms with Crippen molar-refractivity contribution < 1.29 is 26.8 Å². The standard InChI is InChI=1S/C25H22N2O7S/c1-31-22-7-2-15-10-21-19-12-24-23(32-14-33-24)11-16(19)8-9-27(21)13-20(15)25(22)34-35(29,30)18-5-3-17(26-28)4-6-18/h2-7,11-12,21H,8-10,13-14H2,1H3. The van der Waals surface area contributed by atoms with Crippen molar-refractivity contribution in [3.63, 3.8) is 0 Å². The van der Waals surface area contributed by atoms with Gasteiger partial charge in [0.25, 0.3) is 0 Å². The number of benzene rings is 3. The summed E-state index contributed by atoms with van der Waals surface area (Å²) in [6.45, 7) is 1.57. The smallest absolute Gasteiger partial charge is 0.339 e. The SMILES string of the molecule is COc1ccc2c(c1OS(=O)(=O)c1ccc(N=O)cc1)CN1CCc3cc4c(cc3C1C2)OCO4. The molecule has 3 heterocycles. The quantitative estimate of drug-likeness (QED) is 0.383. The molecular formula is C25H22N2O7S. The third-order valence-corrected chi connectivity index (χ3v) is 8.08. The van der Waals surface area contributed by atoms with Crippen molar-refractivity contribution in [2.45, 2.75) is 30.3 Å². The average molecular weight is 495 g/mol. The van der Waals surface area contributed by atoms with E-state index < -0.39 is 10.1 Å². The average Bonchev–Trinajstić information content (AvgIpc) is 3.34. The van der Waals surface area contributed by atoms with Crippen molar-refractivity contribution in [3.05, 3.63) is 75.7 Å². The predicted molar refractivity (Wildman–Crippen MR) is 126 cm³/mol. The molecule has 9 nitrogen and oxygen atoms in total. The number of fused-ring (bicyclic) bond motifs is 5. The molecule has 0 aromatic heterocycles. The van der Waals surface area contributed by atoms with Crippen LogP contribution in [0.1, 0.15) is 28.3 Å². The van der Waals surface area contributed by atoms with E-state index in [4.69, 9.17) is 18.4 Å². The summed E-state index contributed by atoms with van der Waals surface area (Å²) in [6.07, 6.45) is 1.55. The van der Waals surface area contributed by atoms with E-state index in [1.54, 1.807) is 6.07 Å². The van der Waals surface area contributed by atoms with Gasteiger partial charge in [0.1, 0.15) is 10.6 Å². The molecular weight excluding hydrogens is 472 g/mol. The highest BCUT2D eigenvalue weighted by atomic mass is 32.2. The maximum Gasteiger partial charge on any atom is 0.339 e. The normalized spacial score (nSPS) is 18.3. The molecule has 10 heteroatoms. The third kappa shape index (κ3) is 3.69. The number of methoxy groups -OCH3 is 1. The minimum Gasteiger partial charge on any atom is -0.493 e. The summed E-state index contributed by atoms with van der Waals surface area (Å²) in [5, 5.41) is 2.81. The van der Waals surface area contributed by atoms with E-state index in [0.717, 1.165) is 35.6 Å². The van der Waals surface area contributed by atoms with Crippen molar-refractivity contribution in [2.24, 2.45) is 5.18 Å². The van der Waals surface area contributed by atoms with E-state index in [1.165, 1.54) is 42.5 Å². The second-order valence-corrected chi connectivity index (χ2v) is 10.2. The first-order valence-electron chi connectivity index (χ1n) is 11.2. The molecule has 3 aromatic rings. The van der Waals surface area contributed by atoms with Gasteiger partial charge in [-0.25, -0.2) is 0 Å². The molecule has 0 spiro atoms. The van der Waals surface area contributed by atoms with Crippen LogP contribution in [0.25, 0.3) is 0 Å². The minimum atomic E-state index is -4.16. The van der Waals surface area contributed by atoms with Crippen molar-refractivity contribution in [1.29, 1.82) is 0 Å². The van der Waals surface area contributed by atoms with Crippen LogP contribution in [0.15, 0.2) is 58.6 Å². The molecule has 6 rings (SSSR count). The Bertz CT molecular complexity index is 1440. The van der Waals surface area contributed by atoms with Gasteiger partial charge < -0.3 is 18.4 Å². The number of hydrogen-bond acceptors (Lipinski definition) is 9. The lowest BCUT2D eigenvalue weighted by atomic mass is 9.83. The van der Waals surface area contributed by atoms with E-state index in [-0.39, 0.29) is 29.2 Å². The van der Waals surface area contributed by atoms with E-state index in [1.807, 2.05) is 6.07 Å². The van der Waals surface area contributed by atoms with Crippen LogP contribution in [0.3, 0.4) is 0 Å². The van der Waals surface area contributed by atoms with Gasteiger partial charge in [-0.2, -0.15) is 8.42 Å². The largest absolute Gasteiger partial charge is 0.493 e. The van der Waals surface area contributed by atoms with Gasteiger partial charge in [0.05, 0.1) is 7.11 Å². The Morgan fingerprint density at radius 2 is 1.80 bits per heavy atom. The highest BCUT2D eigenvalue weighted by Crippen LogP contribution is 2.47. The molecule has 3 aliphatic rings. The molecule has 0 saturated heterocycles. The molecule has 0 radical (unpaired) electrons. The zero-order valence-corrected chi connectivity index (χ0v) is 19.7. The van der Waals surface area contributed by atoms with Gasteiger partial charge in [-0.05, 0) is 77.2 Å². The van der Waals surface area contributed by atoms with Crippen LogP contribution in [0.5, 0.6) is 23.0 Å². The van der Waals surface area contributed by atoms with Crippen molar-refractivity contribution in [1.82, 2.24) is 4.90 Å². The molecule has 3 aliphatic heterocycles. The molecule has 1 atom stereocenters. The Labute approximate surface area is 202 Å². The van der Waals surface area contributed by atoms with Crippen LogP contribution < -0.4 is 18.4 Å². The van der Waals surface area contributed by atoms with Crippen molar-refractivity contribution >= 4 is 15.8 Å². The number of nitroso groups, excluding NO2 is 1. The first-order valence-corrected chi connectivity index (χ1v) is 12.6. The lowest BCUT2D eigenvalue weighted by molar-refractivity contribution is 0.159. The highest BCUT2D eigenvalue weighted by molar-refractivity contribution is 7.87. The van der Waals surface area contributed by atoms with Crippen LogP contribution in [-0.4, -0.2) is 33.8 Å². The van der Waals surface area contributed by atoms with Gasteiger partial charge in [-0.15, -0.1) is 4.91 Å². The second-order valence-electron chi connectivity index (χ2n) is 8.70. The Balaban J connectivity index is 1.37. The molecule has 0 amide bonds. The number of rotatable bonds is 5. The molecule has 1 unspecified atom stereocenters. The van der Waals surface area contributed by atoms with Gasteiger partial charge in [0.15, 0.2) is 23.0 Å². The fourth-order valence-electron chi connectivity index (χ4n) is 5.08. The molecule has 0 aliphatic carbocycles. The fraction of sp³-hybridized carbons (Fsp3) is 0.280. The van der Waals surface area contributed by atoms with E-state index in [9.17, 15) is 13.3 Å². The zero-order valence-electron chi connectivity index (χ0n) is 18.9. The molecule has 3 aromatic carbocycles. The molecule has 0 saturated carbocycles. The van der Waals surface area contributed by atoms with Crippen LogP contribution >= 0.6 is 0 Å². The maximum atomic E-state index is 13.1. The van der Waals surface area contributed by atoms with Crippen LogP contribution in [0.4, 0.5) is 5.69 Å². The van der Waals surface area contributed by atoms with E-state index in [0.29, 0.717) is 18.7 Å². The summed E-state index contributed by atoms with van der Waals surface area (Å²) in [4.78, 5) is 12.9. The van der Waals surface area contributed by atoms with Crippen molar-refractivity contribution in [2.75, 3.05) is 20.4 Å². The van der Waals surface area contributed by atoms with Crippen molar-refractivity contribution in [3.8, 4) is 23.0 Å². The zero-order chi connectivity index (χ0) is 24.2. The lowest BCUT2D eigenvalue weighted by Gasteiger charge is -2.41. The predicted octanol–water partition coefficient (Wildman–Crippen LogP) is 4.25. The molecule has 0 fully saturated rings. The Hall–Kier alpha value is -3.63. The van der Waals surface area contributed by atoms with Gasteiger partial charge in [-0.3, -0.25) is 4.90 Å². The Morgan fingerprint density at radius 1 is 1.03 bits per heavy atom. The number of ether oxygens (including phenoxy) is 3.